The van der Waals surface area contributed by atoms with Crippen molar-refractivity contribution >= 4 is 46.6 Å². The van der Waals surface area contributed by atoms with Gasteiger partial charge in [-0.15, -0.1) is 0 Å². The summed E-state index contributed by atoms with van der Waals surface area (Å²) in [4.78, 5) is 33.3. The Hall–Kier alpha value is -4.52. The number of nitrogens with one attached hydrogen (secondary N) is 3. The fourth-order valence-electron chi connectivity index (χ4n) is 3.21. The SMILES string of the molecule is Cc1nccc(-c2nc(N)nc(Nc3cc(NC(=O)Nc4ccc(Cl)c(C(F)(F)F)c4)ccc3C)n2)n1. The van der Waals surface area contributed by atoms with Crippen LogP contribution < -0.4 is 21.7 Å². The van der Waals surface area contributed by atoms with E-state index in [0.717, 1.165) is 17.7 Å². The molecular weight excluding hydrogens is 511 g/mol. The average molecular weight is 530 g/mol. The van der Waals surface area contributed by atoms with Gasteiger partial charge in [0, 0.05) is 23.3 Å². The highest BCUT2D eigenvalue weighted by atomic mass is 35.5. The number of amides is 2. The molecule has 4 aromatic rings. The molecule has 5 N–H and O–H groups in total. The van der Waals surface area contributed by atoms with Gasteiger partial charge in [-0.2, -0.15) is 28.1 Å². The van der Waals surface area contributed by atoms with Crippen molar-refractivity contribution in [2.45, 2.75) is 20.0 Å². The first-order valence-electron chi connectivity index (χ1n) is 10.6. The maximum atomic E-state index is 13.1. The summed E-state index contributed by atoms with van der Waals surface area (Å²) < 4.78 is 39.3. The standard InChI is InChI=1S/C23H19ClF3N9O/c1-11-3-4-14(32-22(37)31-13-5-6-16(24)15(9-13)23(25,26)27)10-18(11)33-21-35-19(34-20(28)36-21)17-7-8-29-12(2)30-17/h3-10H,1-2H3,(H2,31,32,37)(H3,28,33,34,35,36). The molecule has 0 unspecified atom stereocenters. The number of nitrogens with two attached hydrogens (primary N) is 1. The number of carbonyl (C=O) groups excluding carboxylic acids is 1. The van der Waals surface area contributed by atoms with Gasteiger partial charge in [-0.1, -0.05) is 17.7 Å². The molecular formula is C23H19ClF3N9O. The van der Waals surface area contributed by atoms with E-state index in [4.69, 9.17) is 17.3 Å². The quantitative estimate of drug-likeness (QED) is 0.262. The summed E-state index contributed by atoms with van der Waals surface area (Å²) in [6, 6.07) is 8.92. The molecule has 0 aliphatic heterocycles. The van der Waals surface area contributed by atoms with Crippen molar-refractivity contribution in [1.29, 1.82) is 0 Å². The zero-order chi connectivity index (χ0) is 26.7. The summed E-state index contributed by atoms with van der Waals surface area (Å²) in [6.07, 6.45) is -3.09. The van der Waals surface area contributed by atoms with Crippen molar-refractivity contribution < 1.29 is 18.0 Å². The van der Waals surface area contributed by atoms with E-state index in [-0.39, 0.29) is 23.4 Å². The van der Waals surface area contributed by atoms with Gasteiger partial charge in [0.05, 0.1) is 10.6 Å². The van der Waals surface area contributed by atoms with Crippen molar-refractivity contribution in [3.05, 3.63) is 70.6 Å². The van der Waals surface area contributed by atoms with Crippen molar-refractivity contribution in [3.8, 4) is 11.5 Å². The van der Waals surface area contributed by atoms with Gasteiger partial charge in [0.1, 0.15) is 11.5 Å². The molecule has 14 heteroatoms. The van der Waals surface area contributed by atoms with Crippen LogP contribution in [-0.4, -0.2) is 31.0 Å². The number of anilines is 5. The molecule has 10 nitrogen and oxygen atoms in total. The van der Waals surface area contributed by atoms with Crippen molar-refractivity contribution in [2.75, 3.05) is 21.7 Å². The Morgan fingerprint density at radius 3 is 2.35 bits per heavy atom. The molecule has 2 aromatic carbocycles. The van der Waals surface area contributed by atoms with Crippen LogP contribution in [0.2, 0.25) is 5.02 Å². The minimum Gasteiger partial charge on any atom is -0.368 e. The first-order valence-corrected chi connectivity index (χ1v) is 11.0. The van der Waals surface area contributed by atoms with Gasteiger partial charge in [-0.25, -0.2) is 14.8 Å². The van der Waals surface area contributed by atoms with Gasteiger partial charge in [0.15, 0.2) is 5.82 Å². The number of nitrogen functional groups attached to an aromatic ring is 1. The summed E-state index contributed by atoms with van der Waals surface area (Å²) >= 11 is 5.62. The fourth-order valence-corrected chi connectivity index (χ4v) is 3.44. The number of benzene rings is 2. The molecule has 0 bridgehead atoms. The lowest BCUT2D eigenvalue weighted by atomic mass is 10.2. The molecule has 0 fully saturated rings. The second-order valence-corrected chi connectivity index (χ2v) is 8.16. The van der Waals surface area contributed by atoms with E-state index >= 15 is 0 Å². The molecule has 0 saturated carbocycles. The Balaban J connectivity index is 1.51. The lowest BCUT2D eigenvalue weighted by Crippen LogP contribution is -2.20. The molecule has 0 spiro atoms. The largest absolute Gasteiger partial charge is 0.417 e. The average Bonchev–Trinajstić information content (AvgIpc) is 2.81. The van der Waals surface area contributed by atoms with Gasteiger partial charge < -0.3 is 21.7 Å². The predicted molar refractivity (Wildman–Crippen MR) is 134 cm³/mol. The van der Waals surface area contributed by atoms with E-state index in [9.17, 15) is 18.0 Å². The highest BCUT2D eigenvalue weighted by Crippen LogP contribution is 2.36. The summed E-state index contributed by atoms with van der Waals surface area (Å²) in [5.41, 5.74) is 6.87. The monoisotopic (exact) mass is 529 g/mol. The van der Waals surface area contributed by atoms with E-state index in [1.165, 1.54) is 6.07 Å². The minimum absolute atomic E-state index is 0.0312. The van der Waals surface area contributed by atoms with Gasteiger partial charge >= 0.3 is 12.2 Å². The molecule has 2 amide bonds. The highest BCUT2D eigenvalue weighted by Gasteiger charge is 2.33. The Labute approximate surface area is 213 Å². The summed E-state index contributed by atoms with van der Waals surface area (Å²) in [5.74, 6) is 0.890. The number of aryl methyl sites for hydroxylation is 2. The summed E-state index contributed by atoms with van der Waals surface area (Å²) in [6.45, 7) is 3.55. The highest BCUT2D eigenvalue weighted by molar-refractivity contribution is 6.31. The number of alkyl halides is 3. The normalized spacial score (nSPS) is 11.2. The van der Waals surface area contributed by atoms with Crippen LogP contribution in [0.15, 0.2) is 48.7 Å². The second-order valence-electron chi connectivity index (χ2n) is 7.76. The molecule has 0 aliphatic rings. The van der Waals surface area contributed by atoms with E-state index in [1.54, 1.807) is 37.4 Å². The number of urea groups is 1. The van der Waals surface area contributed by atoms with Crippen LogP contribution in [-0.2, 0) is 6.18 Å². The number of nitrogens with zero attached hydrogens (tertiary/aromatic N) is 5. The molecule has 0 aliphatic carbocycles. The molecule has 2 aromatic heterocycles. The number of rotatable bonds is 5. The zero-order valence-electron chi connectivity index (χ0n) is 19.4. The molecule has 4 rings (SSSR count). The molecule has 190 valence electrons. The fraction of sp³-hybridized carbons (Fsp3) is 0.130. The van der Waals surface area contributed by atoms with Crippen LogP contribution in [0.25, 0.3) is 11.5 Å². The Kier molecular flexibility index (Phi) is 7.07. The van der Waals surface area contributed by atoms with Gasteiger partial charge in [-0.3, -0.25) is 0 Å². The maximum absolute atomic E-state index is 13.1. The van der Waals surface area contributed by atoms with Crippen LogP contribution in [0.3, 0.4) is 0 Å². The number of halogens is 4. The Morgan fingerprint density at radius 2 is 1.65 bits per heavy atom. The summed E-state index contributed by atoms with van der Waals surface area (Å²) in [7, 11) is 0. The third-order valence-electron chi connectivity index (χ3n) is 4.93. The van der Waals surface area contributed by atoms with Crippen LogP contribution >= 0.6 is 11.6 Å². The topological polar surface area (TPSA) is 144 Å². The maximum Gasteiger partial charge on any atom is 0.417 e. The Bertz CT molecular complexity index is 1480. The van der Waals surface area contributed by atoms with E-state index in [1.807, 2.05) is 6.92 Å². The number of hydrogen-bond acceptors (Lipinski definition) is 8. The summed E-state index contributed by atoms with van der Waals surface area (Å²) in [5, 5.41) is 7.50. The lowest BCUT2D eigenvalue weighted by molar-refractivity contribution is -0.137. The van der Waals surface area contributed by atoms with Crippen molar-refractivity contribution in [1.82, 2.24) is 24.9 Å². The number of carbonyl (C=O) groups is 1. The van der Waals surface area contributed by atoms with Gasteiger partial charge in [0.2, 0.25) is 11.9 Å². The first kappa shape index (κ1) is 25.6. The molecule has 0 saturated heterocycles. The van der Waals surface area contributed by atoms with Crippen LogP contribution in [0.5, 0.6) is 0 Å². The molecule has 0 radical (unpaired) electrons. The minimum atomic E-state index is -4.66. The molecule has 37 heavy (non-hydrogen) atoms. The number of hydrogen-bond donors (Lipinski definition) is 4. The van der Waals surface area contributed by atoms with E-state index < -0.39 is 22.8 Å². The van der Waals surface area contributed by atoms with E-state index in [0.29, 0.717) is 22.9 Å². The van der Waals surface area contributed by atoms with Crippen molar-refractivity contribution in [2.24, 2.45) is 0 Å². The van der Waals surface area contributed by atoms with Crippen LogP contribution in [0, 0.1) is 13.8 Å². The molecule has 2 heterocycles. The smallest absolute Gasteiger partial charge is 0.368 e. The first-order chi connectivity index (χ1) is 17.5. The second kappa shape index (κ2) is 10.2. The Morgan fingerprint density at radius 1 is 0.946 bits per heavy atom. The van der Waals surface area contributed by atoms with Crippen LogP contribution in [0.1, 0.15) is 17.0 Å². The number of aromatic nitrogens is 5. The lowest BCUT2D eigenvalue weighted by Gasteiger charge is -2.14. The van der Waals surface area contributed by atoms with Crippen LogP contribution in [0.4, 0.5) is 46.9 Å². The zero-order valence-corrected chi connectivity index (χ0v) is 20.1. The van der Waals surface area contributed by atoms with Crippen molar-refractivity contribution in [3.63, 3.8) is 0 Å². The third-order valence-corrected chi connectivity index (χ3v) is 5.26. The van der Waals surface area contributed by atoms with E-state index in [2.05, 4.69) is 40.9 Å². The molecule has 0 atom stereocenters. The third kappa shape index (κ3) is 6.38. The predicted octanol–water partition coefficient (Wildman–Crippen LogP) is 5.59. The van der Waals surface area contributed by atoms with Gasteiger partial charge in [-0.05, 0) is 55.8 Å². The van der Waals surface area contributed by atoms with Gasteiger partial charge in [0.25, 0.3) is 0 Å².